The van der Waals surface area contributed by atoms with E-state index < -0.39 is 12.1 Å². The van der Waals surface area contributed by atoms with Crippen LogP contribution >= 0.6 is 11.3 Å². The summed E-state index contributed by atoms with van der Waals surface area (Å²) in [5.74, 6) is -0.950. The van der Waals surface area contributed by atoms with E-state index in [9.17, 15) is 9.59 Å². The van der Waals surface area contributed by atoms with Crippen LogP contribution in [0.5, 0.6) is 0 Å². The Labute approximate surface area is 162 Å². The molecule has 1 aromatic heterocycles. The lowest BCUT2D eigenvalue weighted by Crippen LogP contribution is -2.35. The molecule has 0 aliphatic heterocycles. The number of ether oxygens (including phenoxy) is 1. The average Bonchev–Trinajstić information content (AvgIpc) is 3.18. The van der Waals surface area contributed by atoms with Crippen LogP contribution in [0.25, 0.3) is 10.6 Å². The molecular formula is C21H20N2O3S. The minimum atomic E-state index is -0.898. The Morgan fingerprint density at radius 1 is 1.11 bits per heavy atom. The van der Waals surface area contributed by atoms with Gasteiger partial charge in [0.2, 0.25) is 0 Å². The van der Waals surface area contributed by atoms with Crippen LogP contribution in [-0.2, 0) is 16.1 Å². The minimum Gasteiger partial charge on any atom is -0.448 e. The first-order valence-corrected chi connectivity index (χ1v) is 9.46. The van der Waals surface area contributed by atoms with E-state index in [1.807, 2.05) is 61.5 Å². The van der Waals surface area contributed by atoms with Gasteiger partial charge in [0.1, 0.15) is 5.01 Å². The maximum absolute atomic E-state index is 12.3. The predicted octanol–water partition coefficient (Wildman–Crippen LogP) is 3.98. The first kappa shape index (κ1) is 18.8. The molecule has 3 rings (SSSR count). The largest absolute Gasteiger partial charge is 0.448 e. The highest BCUT2D eigenvalue weighted by Crippen LogP contribution is 2.23. The summed E-state index contributed by atoms with van der Waals surface area (Å²) in [4.78, 5) is 28.7. The summed E-state index contributed by atoms with van der Waals surface area (Å²) in [5.41, 5.74) is 3.28. The number of hydrogen-bond acceptors (Lipinski definition) is 5. The van der Waals surface area contributed by atoms with Crippen molar-refractivity contribution in [3.05, 3.63) is 76.8 Å². The number of rotatable bonds is 6. The summed E-state index contributed by atoms with van der Waals surface area (Å²) in [6.45, 7) is 3.94. The van der Waals surface area contributed by atoms with Crippen molar-refractivity contribution in [1.82, 2.24) is 10.3 Å². The van der Waals surface area contributed by atoms with Gasteiger partial charge in [-0.05, 0) is 19.4 Å². The summed E-state index contributed by atoms with van der Waals surface area (Å²) in [5, 5.41) is 5.15. The number of amides is 1. The van der Waals surface area contributed by atoms with Crippen LogP contribution < -0.4 is 5.32 Å². The van der Waals surface area contributed by atoms with Gasteiger partial charge in [0.25, 0.3) is 5.91 Å². The summed E-state index contributed by atoms with van der Waals surface area (Å²) in [6, 6.07) is 17.5. The second kappa shape index (κ2) is 8.60. The Kier molecular flexibility index (Phi) is 5.98. The molecule has 0 radical (unpaired) electrons. The number of hydrogen-bond donors (Lipinski definition) is 1. The topological polar surface area (TPSA) is 68.3 Å². The highest BCUT2D eigenvalue weighted by molar-refractivity contribution is 7.13. The molecule has 3 aromatic rings. The van der Waals surface area contributed by atoms with Crippen molar-refractivity contribution in [3.8, 4) is 10.6 Å². The molecule has 1 amide bonds. The molecule has 0 aliphatic rings. The van der Waals surface area contributed by atoms with Crippen LogP contribution in [0.4, 0.5) is 0 Å². The molecule has 5 nitrogen and oxygen atoms in total. The zero-order chi connectivity index (χ0) is 19.2. The van der Waals surface area contributed by atoms with E-state index in [1.165, 1.54) is 11.3 Å². The highest BCUT2D eigenvalue weighted by Gasteiger charge is 2.20. The zero-order valence-corrected chi connectivity index (χ0v) is 16.0. The molecule has 1 N–H and O–H groups in total. The lowest BCUT2D eigenvalue weighted by molar-refractivity contribution is -0.129. The van der Waals surface area contributed by atoms with Gasteiger partial charge >= 0.3 is 5.97 Å². The molecule has 1 atom stereocenters. The molecule has 1 unspecified atom stereocenters. The van der Waals surface area contributed by atoms with Crippen LogP contribution in [0.3, 0.4) is 0 Å². The fraction of sp³-hybridized carbons (Fsp3) is 0.190. The molecule has 0 bridgehead atoms. The van der Waals surface area contributed by atoms with Crippen molar-refractivity contribution in [2.45, 2.75) is 26.5 Å². The lowest BCUT2D eigenvalue weighted by Gasteiger charge is -2.13. The van der Waals surface area contributed by atoms with Gasteiger partial charge in [0.15, 0.2) is 11.8 Å². The van der Waals surface area contributed by atoms with Gasteiger partial charge in [-0.25, -0.2) is 9.78 Å². The first-order valence-electron chi connectivity index (χ1n) is 8.58. The normalized spacial score (nSPS) is 11.6. The summed E-state index contributed by atoms with van der Waals surface area (Å²) < 4.78 is 5.25. The summed E-state index contributed by atoms with van der Waals surface area (Å²) in [6.07, 6.45) is -0.898. The lowest BCUT2D eigenvalue weighted by atomic mass is 10.1. The number of carbonyl (C=O) groups excluding carboxylic acids is 2. The molecule has 27 heavy (non-hydrogen) atoms. The number of carbonyl (C=O) groups is 2. The number of aryl methyl sites for hydroxylation is 1. The van der Waals surface area contributed by atoms with E-state index in [-0.39, 0.29) is 11.6 Å². The van der Waals surface area contributed by atoms with E-state index >= 15 is 0 Å². The standard InChI is InChI=1S/C21H20N2O3S/c1-14-8-10-16(11-9-14)12-22-19(24)15(2)26-21(25)18-13-27-20(23-18)17-6-4-3-5-7-17/h3-11,13,15H,12H2,1-2H3,(H,22,24). The van der Waals surface area contributed by atoms with Crippen LogP contribution in [-0.4, -0.2) is 23.0 Å². The Morgan fingerprint density at radius 2 is 1.81 bits per heavy atom. The maximum Gasteiger partial charge on any atom is 0.358 e. The van der Waals surface area contributed by atoms with Crippen molar-refractivity contribution in [3.63, 3.8) is 0 Å². The molecule has 0 fully saturated rings. The molecule has 0 saturated heterocycles. The van der Waals surface area contributed by atoms with E-state index in [2.05, 4.69) is 10.3 Å². The maximum atomic E-state index is 12.3. The van der Waals surface area contributed by atoms with E-state index in [4.69, 9.17) is 4.74 Å². The van der Waals surface area contributed by atoms with E-state index in [0.29, 0.717) is 6.54 Å². The minimum absolute atomic E-state index is 0.206. The number of nitrogens with zero attached hydrogens (tertiary/aromatic N) is 1. The molecule has 0 saturated carbocycles. The van der Waals surface area contributed by atoms with Gasteiger partial charge in [-0.2, -0.15) is 0 Å². The quantitative estimate of drug-likeness (QED) is 0.657. The first-order chi connectivity index (χ1) is 13.0. The molecule has 0 aliphatic carbocycles. The predicted molar refractivity (Wildman–Crippen MR) is 105 cm³/mol. The third-order valence-corrected chi connectivity index (χ3v) is 4.87. The van der Waals surface area contributed by atoms with Crippen molar-refractivity contribution >= 4 is 23.2 Å². The summed E-state index contributed by atoms with van der Waals surface area (Å²) in [7, 11) is 0. The van der Waals surface area contributed by atoms with Crippen molar-refractivity contribution < 1.29 is 14.3 Å². The van der Waals surface area contributed by atoms with Crippen LogP contribution in [0, 0.1) is 6.92 Å². The monoisotopic (exact) mass is 380 g/mol. The van der Waals surface area contributed by atoms with Gasteiger partial charge in [0.05, 0.1) is 0 Å². The van der Waals surface area contributed by atoms with E-state index in [0.717, 1.165) is 21.7 Å². The third kappa shape index (κ3) is 5.01. The Bertz CT molecular complexity index is 920. The van der Waals surface area contributed by atoms with Gasteiger partial charge in [-0.1, -0.05) is 60.2 Å². The fourth-order valence-electron chi connectivity index (χ4n) is 2.39. The molecule has 1 heterocycles. The van der Waals surface area contributed by atoms with E-state index in [1.54, 1.807) is 12.3 Å². The van der Waals surface area contributed by atoms with Crippen LogP contribution in [0.2, 0.25) is 0 Å². The Morgan fingerprint density at radius 3 is 2.52 bits per heavy atom. The van der Waals surface area contributed by atoms with Crippen molar-refractivity contribution in [2.24, 2.45) is 0 Å². The SMILES string of the molecule is Cc1ccc(CNC(=O)C(C)OC(=O)c2csc(-c3ccccc3)n2)cc1. The molecule has 2 aromatic carbocycles. The van der Waals surface area contributed by atoms with Gasteiger partial charge in [-0.15, -0.1) is 11.3 Å². The molecular weight excluding hydrogens is 360 g/mol. The number of benzene rings is 2. The Balaban J connectivity index is 1.54. The average molecular weight is 380 g/mol. The Hall–Kier alpha value is -2.99. The van der Waals surface area contributed by atoms with Crippen LogP contribution in [0.15, 0.2) is 60.0 Å². The molecule has 6 heteroatoms. The second-order valence-electron chi connectivity index (χ2n) is 6.15. The van der Waals surface area contributed by atoms with Crippen LogP contribution in [0.1, 0.15) is 28.5 Å². The number of nitrogens with one attached hydrogen (secondary N) is 1. The molecule has 138 valence electrons. The third-order valence-electron chi connectivity index (χ3n) is 3.97. The highest BCUT2D eigenvalue weighted by atomic mass is 32.1. The fourth-order valence-corrected chi connectivity index (χ4v) is 3.19. The van der Waals surface area contributed by atoms with Crippen molar-refractivity contribution in [2.75, 3.05) is 0 Å². The second-order valence-corrected chi connectivity index (χ2v) is 7.01. The number of aromatic nitrogens is 1. The smallest absolute Gasteiger partial charge is 0.358 e. The zero-order valence-electron chi connectivity index (χ0n) is 15.1. The van der Waals surface area contributed by atoms with Gasteiger partial charge < -0.3 is 10.1 Å². The number of esters is 1. The summed E-state index contributed by atoms with van der Waals surface area (Å²) >= 11 is 1.36. The number of thiazole rings is 1. The van der Waals surface area contributed by atoms with Crippen molar-refractivity contribution in [1.29, 1.82) is 0 Å². The molecule has 0 spiro atoms. The van der Waals surface area contributed by atoms with Gasteiger partial charge in [-0.3, -0.25) is 4.79 Å². The van der Waals surface area contributed by atoms with Gasteiger partial charge in [0, 0.05) is 17.5 Å².